The van der Waals surface area contributed by atoms with Gasteiger partial charge in [0.1, 0.15) is 6.10 Å². The molecule has 0 aliphatic carbocycles. The molecule has 0 saturated carbocycles. The molecule has 1 saturated heterocycles. The minimum atomic E-state index is 0.0693. The smallest absolute Gasteiger partial charge is 0.216 e. The van der Waals surface area contributed by atoms with Crippen LogP contribution in [0.25, 0.3) is 0 Å². The molecule has 2 heterocycles. The van der Waals surface area contributed by atoms with Crippen molar-refractivity contribution in [2.24, 2.45) is 5.92 Å². The first-order valence-electron chi connectivity index (χ1n) is 7.18. The lowest BCUT2D eigenvalue weighted by atomic mass is 9.95. The molecule has 3 heteroatoms. The van der Waals surface area contributed by atoms with Crippen molar-refractivity contribution in [2.75, 3.05) is 13.1 Å². The third-order valence-corrected chi connectivity index (χ3v) is 3.85. The summed E-state index contributed by atoms with van der Waals surface area (Å²) in [5.74, 6) is 1.24. The highest BCUT2D eigenvalue weighted by molar-refractivity contribution is 5.26. The zero-order valence-corrected chi connectivity index (χ0v) is 11.8. The van der Waals surface area contributed by atoms with Crippen molar-refractivity contribution in [3.8, 4) is 5.88 Å². The Bertz CT molecular complexity index is 550. The number of ether oxygens (including phenoxy) is 1. The molecule has 0 bridgehead atoms. The molecule has 0 amide bonds. The summed E-state index contributed by atoms with van der Waals surface area (Å²) in [6.07, 6.45) is 3.00. The fraction of sp³-hybridized carbons (Fsp3) is 0.353. The molecule has 1 aromatic heterocycles. The molecular weight excluding hydrogens is 248 g/mol. The summed E-state index contributed by atoms with van der Waals surface area (Å²) in [5, 5.41) is 3.42. The highest BCUT2D eigenvalue weighted by atomic mass is 16.5. The zero-order chi connectivity index (χ0) is 13.8. The average Bonchev–Trinajstić information content (AvgIpc) is 3.01. The van der Waals surface area contributed by atoms with E-state index in [4.69, 9.17) is 4.74 Å². The Labute approximate surface area is 120 Å². The van der Waals surface area contributed by atoms with Crippen molar-refractivity contribution in [1.82, 2.24) is 10.3 Å². The highest BCUT2D eigenvalue weighted by Gasteiger charge is 2.28. The van der Waals surface area contributed by atoms with Gasteiger partial charge in [0.05, 0.1) is 0 Å². The number of aromatic nitrogens is 1. The summed E-state index contributed by atoms with van der Waals surface area (Å²) in [5.41, 5.74) is 2.31. The Morgan fingerprint density at radius 1 is 1.20 bits per heavy atom. The molecule has 1 N–H and O–H groups in total. The molecule has 2 atom stereocenters. The van der Waals surface area contributed by atoms with Gasteiger partial charge in [0, 0.05) is 24.2 Å². The fourth-order valence-electron chi connectivity index (χ4n) is 2.73. The Morgan fingerprint density at radius 2 is 2.05 bits per heavy atom. The summed E-state index contributed by atoms with van der Waals surface area (Å²) in [4.78, 5) is 4.37. The summed E-state index contributed by atoms with van der Waals surface area (Å²) >= 11 is 0. The third kappa shape index (κ3) is 2.83. The summed E-state index contributed by atoms with van der Waals surface area (Å²) in [6, 6.07) is 14.4. The number of nitrogens with zero attached hydrogens (tertiary/aromatic N) is 1. The van der Waals surface area contributed by atoms with Gasteiger partial charge in [-0.2, -0.15) is 0 Å². The molecule has 1 aromatic carbocycles. The van der Waals surface area contributed by atoms with Gasteiger partial charge in [-0.3, -0.25) is 0 Å². The lowest BCUT2D eigenvalue weighted by molar-refractivity contribution is 0.137. The van der Waals surface area contributed by atoms with Crippen LogP contribution in [0, 0.1) is 12.8 Å². The van der Waals surface area contributed by atoms with Gasteiger partial charge in [0.2, 0.25) is 5.88 Å². The number of nitrogens with one attached hydrogen (secondary N) is 1. The molecule has 1 aliphatic heterocycles. The van der Waals surface area contributed by atoms with Crippen LogP contribution in [0.1, 0.15) is 23.7 Å². The van der Waals surface area contributed by atoms with E-state index in [9.17, 15) is 0 Å². The standard InChI is InChI=1S/C17H20N2O/c1-13-6-5-10-19-17(13)20-16(15-9-11-18-12-15)14-7-3-2-4-8-14/h2-8,10,15-16,18H,9,11-12H2,1H3/t15-,16?/m0/s1. The van der Waals surface area contributed by atoms with Crippen LogP contribution in [0.3, 0.4) is 0 Å². The van der Waals surface area contributed by atoms with Crippen molar-refractivity contribution in [3.63, 3.8) is 0 Å². The lowest BCUT2D eigenvalue weighted by Crippen LogP contribution is -2.22. The highest BCUT2D eigenvalue weighted by Crippen LogP contribution is 2.32. The van der Waals surface area contributed by atoms with Crippen LogP contribution >= 0.6 is 0 Å². The van der Waals surface area contributed by atoms with E-state index in [-0.39, 0.29) is 6.10 Å². The van der Waals surface area contributed by atoms with Crippen molar-refractivity contribution in [2.45, 2.75) is 19.4 Å². The number of aryl methyl sites for hydroxylation is 1. The Morgan fingerprint density at radius 3 is 2.75 bits per heavy atom. The van der Waals surface area contributed by atoms with Crippen molar-refractivity contribution in [3.05, 3.63) is 59.8 Å². The van der Waals surface area contributed by atoms with E-state index in [1.807, 2.05) is 25.1 Å². The zero-order valence-electron chi connectivity index (χ0n) is 11.8. The first-order valence-corrected chi connectivity index (χ1v) is 7.18. The number of hydrogen-bond donors (Lipinski definition) is 1. The minimum Gasteiger partial charge on any atom is -0.469 e. The summed E-state index contributed by atoms with van der Waals surface area (Å²) < 4.78 is 6.26. The number of benzene rings is 1. The van der Waals surface area contributed by atoms with Crippen LogP contribution in [0.2, 0.25) is 0 Å². The van der Waals surface area contributed by atoms with Gasteiger partial charge in [-0.25, -0.2) is 4.98 Å². The molecule has 0 spiro atoms. The predicted molar refractivity (Wildman–Crippen MR) is 79.8 cm³/mol. The molecule has 104 valence electrons. The Balaban J connectivity index is 1.88. The molecule has 1 unspecified atom stereocenters. The van der Waals surface area contributed by atoms with Crippen molar-refractivity contribution >= 4 is 0 Å². The van der Waals surface area contributed by atoms with Crippen LogP contribution < -0.4 is 10.1 Å². The van der Waals surface area contributed by atoms with Gasteiger partial charge < -0.3 is 10.1 Å². The number of rotatable bonds is 4. The first kappa shape index (κ1) is 13.1. The summed E-state index contributed by atoms with van der Waals surface area (Å²) in [7, 11) is 0. The summed E-state index contributed by atoms with van der Waals surface area (Å²) in [6.45, 7) is 4.11. The van der Waals surface area contributed by atoms with Crippen molar-refractivity contribution in [1.29, 1.82) is 0 Å². The topological polar surface area (TPSA) is 34.1 Å². The normalized spacial score (nSPS) is 19.8. The molecule has 2 aromatic rings. The molecule has 3 nitrogen and oxygen atoms in total. The fourth-order valence-corrected chi connectivity index (χ4v) is 2.73. The maximum atomic E-state index is 6.26. The quantitative estimate of drug-likeness (QED) is 0.925. The van der Waals surface area contributed by atoms with E-state index in [0.29, 0.717) is 5.92 Å². The van der Waals surface area contributed by atoms with Gasteiger partial charge in [0.15, 0.2) is 0 Å². The van der Waals surface area contributed by atoms with Crippen molar-refractivity contribution < 1.29 is 4.74 Å². The predicted octanol–water partition coefficient (Wildman–Crippen LogP) is 3.12. The average molecular weight is 268 g/mol. The van der Waals surface area contributed by atoms with E-state index >= 15 is 0 Å². The number of hydrogen-bond acceptors (Lipinski definition) is 3. The van der Waals surface area contributed by atoms with E-state index in [1.165, 1.54) is 5.56 Å². The largest absolute Gasteiger partial charge is 0.469 e. The maximum Gasteiger partial charge on any atom is 0.216 e. The molecule has 1 fully saturated rings. The second-order valence-corrected chi connectivity index (χ2v) is 5.33. The molecule has 20 heavy (non-hydrogen) atoms. The van der Waals surface area contributed by atoms with E-state index in [0.717, 1.165) is 31.0 Å². The van der Waals surface area contributed by atoms with Crippen LogP contribution in [0.15, 0.2) is 48.7 Å². The SMILES string of the molecule is Cc1cccnc1OC(c1ccccc1)[C@H]1CCNC1. The van der Waals surface area contributed by atoms with Crippen LogP contribution in [0.4, 0.5) is 0 Å². The molecule has 3 rings (SSSR count). The second kappa shape index (κ2) is 6.06. The second-order valence-electron chi connectivity index (χ2n) is 5.33. The lowest BCUT2D eigenvalue weighted by Gasteiger charge is -2.25. The van der Waals surface area contributed by atoms with Gasteiger partial charge in [-0.05, 0) is 31.5 Å². The minimum absolute atomic E-state index is 0.0693. The van der Waals surface area contributed by atoms with Crippen LogP contribution in [-0.2, 0) is 0 Å². The van der Waals surface area contributed by atoms with Gasteiger partial charge in [-0.1, -0.05) is 36.4 Å². The van der Waals surface area contributed by atoms with Gasteiger partial charge in [0.25, 0.3) is 0 Å². The molecule has 1 aliphatic rings. The molecular formula is C17H20N2O. The van der Waals surface area contributed by atoms with E-state index in [1.54, 1.807) is 6.20 Å². The van der Waals surface area contributed by atoms with E-state index < -0.39 is 0 Å². The third-order valence-electron chi connectivity index (χ3n) is 3.85. The maximum absolute atomic E-state index is 6.26. The van der Waals surface area contributed by atoms with E-state index in [2.05, 4.69) is 34.6 Å². The Hall–Kier alpha value is -1.87. The first-order chi connectivity index (χ1) is 9.84. The van der Waals surface area contributed by atoms with Gasteiger partial charge in [-0.15, -0.1) is 0 Å². The number of pyridine rings is 1. The molecule has 0 radical (unpaired) electrons. The van der Waals surface area contributed by atoms with Crippen LogP contribution in [-0.4, -0.2) is 18.1 Å². The van der Waals surface area contributed by atoms with Crippen LogP contribution in [0.5, 0.6) is 5.88 Å². The Kier molecular flexibility index (Phi) is 3.97. The monoisotopic (exact) mass is 268 g/mol. The van der Waals surface area contributed by atoms with Gasteiger partial charge >= 0.3 is 0 Å².